The maximum absolute atomic E-state index is 12.8. The molecule has 4 nitrogen and oxygen atoms in total. The van der Waals surface area contributed by atoms with Gasteiger partial charge in [0.25, 0.3) is 0 Å². The standard InChI is InChI=1S/C17H14F3N3OS2/c1-11-15(25)23(13-2-4-14(5-3-13)26-17(18,19)20)16(24)22(11)10-12-6-8-21-9-7-12/h2-9,11H,10H2,1H3/t11-/m0/s1. The molecule has 0 N–H and O–H groups in total. The van der Waals surface area contributed by atoms with Crippen molar-refractivity contribution in [2.24, 2.45) is 0 Å². The summed E-state index contributed by atoms with van der Waals surface area (Å²) in [5, 5.41) is 0. The van der Waals surface area contributed by atoms with Gasteiger partial charge in [0.15, 0.2) is 0 Å². The van der Waals surface area contributed by atoms with Crippen molar-refractivity contribution in [1.29, 1.82) is 0 Å². The SMILES string of the molecule is C[C@H]1C(=S)N(c2ccc(SC(F)(F)F)cc2)C(=O)N1Cc1ccncc1. The summed E-state index contributed by atoms with van der Waals surface area (Å²) in [5.74, 6) is 0. The Balaban J connectivity index is 1.80. The quantitative estimate of drug-likeness (QED) is 0.546. The largest absolute Gasteiger partial charge is 0.446 e. The lowest BCUT2D eigenvalue weighted by molar-refractivity contribution is -0.0328. The Morgan fingerprint density at radius 2 is 1.77 bits per heavy atom. The number of rotatable bonds is 4. The van der Waals surface area contributed by atoms with Gasteiger partial charge in [-0.15, -0.1) is 0 Å². The van der Waals surface area contributed by atoms with E-state index in [9.17, 15) is 18.0 Å². The van der Waals surface area contributed by atoms with Gasteiger partial charge >= 0.3 is 11.5 Å². The molecule has 0 saturated carbocycles. The highest BCUT2D eigenvalue weighted by molar-refractivity contribution is 8.00. The fourth-order valence-electron chi connectivity index (χ4n) is 2.63. The molecule has 0 spiro atoms. The van der Waals surface area contributed by atoms with Gasteiger partial charge in [-0.2, -0.15) is 13.2 Å². The van der Waals surface area contributed by atoms with Crippen LogP contribution in [0.2, 0.25) is 0 Å². The summed E-state index contributed by atoms with van der Waals surface area (Å²) in [6.45, 7) is 2.20. The second-order valence-electron chi connectivity index (χ2n) is 5.66. The summed E-state index contributed by atoms with van der Waals surface area (Å²) in [4.78, 5) is 20.2. The molecule has 1 aliphatic rings. The molecule has 26 heavy (non-hydrogen) atoms. The summed E-state index contributed by atoms with van der Waals surface area (Å²) in [7, 11) is 0. The van der Waals surface area contributed by atoms with E-state index in [2.05, 4.69) is 4.98 Å². The minimum Gasteiger partial charge on any atom is -0.311 e. The fraction of sp³-hybridized carbons (Fsp3) is 0.235. The van der Waals surface area contributed by atoms with Crippen LogP contribution in [0.4, 0.5) is 23.7 Å². The number of pyridine rings is 1. The first-order chi connectivity index (χ1) is 12.3. The van der Waals surface area contributed by atoms with Gasteiger partial charge in [0, 0.05) is 23.8 Å². The fourth-order valence-corrected chi connectivity index (χ4v) is 3.48. The van der Waals surface area contributed by atoms with E-state index in [0.29, 0.717) is 17.2 Å². The minimum absolute atomic E-state index is 0.0560. The number of carbonyl (C=O) groups is 1. The maximum atomic E-state index is 12.8. The van der Waals surface area contributed by atoms with Crippen LogP contribution >= 0.6 is 24.0 Å². The molecule has 1 aromatic heterocycles. The maximum Gasteiger partial charge on any atom is 0.446 e. The monoisotopic (exact) mass is 397 g/mol. The molecular formula is C17H14F3N3OS2. The molecule has 2 heterocycles. The van der Waals surface area contributed by atoms with E-state index in [-0.39, 0.29) is 28.7 Å². The minimum atomic E-state index is -4.35. The molecule has 0 aliphatic carbocycles. The first kappa shape index (κ1) is 18.7. The summed E-state index contributed by atoms with van der Waals surface area (Å²) in [6.07, 6.45) is 3.29. The average Bonchev–Trinajstić information content (AvgIpc) is 2.79. The number of benzene rings is 1. The number of alkyl halides is 3. The summed E-state index contributed by atoms with van der Waals surface area (Å²) in [5.41, 5.74) is -2.98. The molecule has 0 unspecified atom stereocenters. The van der Waals surface area contributed by atoms with Crippen LogP contribution in [-0.2, 0) is 6.54 Å². The van der Waals surface area contributed by atoms with Crippen molar-refractivity contribution in [3.63, 3.8) is 0 Å². The lowest BCUT2D eigenvalue weighted by atomic mass is 10.2. The number of hydrogen-bond acceptors (Lipinski definition) is 4. The molecule has 2 amide bonds. The van der Waals surface area contributed by atoms with Crippen molar-refractivity contribution in [2.75, 3.05) is 4.90 Å². The van der Waals surface area contributed by atoms with Crippen LogP contribution in [0.1, 0.15) is 12.5 Å². The van der Waals surface area contributed by atoms with E-state index in [1.54, 1.807) is 17.3 Å². The summed E-state index contributed by atoms with van der Waals surface area (Å²) in [6, 6.07) is 8.65. The van der Waals surface area contributed by atoms with Crippen molar-refractivity contribution >= 4 is 40.7 Å². The van der Waals surface area contributed by atoms with E-state index in [1.165, 1.54) is 29.2 Å². The molecular weight excluding hydrogens is 383 g/mol. The number of carbonyl (C=O) groups excluding carboxylic acids is 1. The van der Waals surface area contributed by atoms with Crippen molar-refractivity contribution in [1.82, 2.24) is 9.88 Å². The number of halogens is 3. The van der Waals surface area contributed by atoms with E-state index in [0.717, 1.165) is 5.56 Å². The van der Waals surface area contributed by atoms with Crippen LogP contribution in [0.3, 0.4) is 0 Å². The molecule has 3 rings (SSSR count). The zero-order valence-electron chi connectivity index (χ0n) is 13.6. The predicted molar refractivity (Wildman–Crippen MR) is 98.1 cm³/mol. The zero-order valence-corrected chi connectivity index (χ0v) is 15.2. The van der Waals surface area contributed by atoms with Gasteiger partial charge in [0.1, 0.15) is 4.99 Å². The molecule has 1 aliphatic heterocycles. The molecule has 1 saturated heterocycles. The molecule has 1 atom stereocenters. The third-order valence-corrected chi connectivity index (χ3v) is 5.18. The van der Waals surface area contributed by atoms with Gasteiger partial charge in [-0.3, -0.25) is 9.88 Å². The number of aromatic nitrogens is 1. The highest BCUT2D eigenvalue weighted by Crippen LogP contribution is 2.38. The molecule has 0 bridgehead atoms. The molecule has 136 valence electrons. The highest BCUT2D eigenvalue weighted by atomic mass is 32.2. The Hall–Kier alpha value is -2.13. The van der Waals surface area contributed by atoms with Crippen molar-refractivity contribution in [3.8, 4) is 0 Å². The third-order valence-electron chi connectivity index (χ3n) is 3.91. The number of thiocarbonyl (C=S) groups is 1. The predicted octanol–water partition coefficient (Wildman–Crippen LogP) is 4.85. The third kappa shape index (κ3) is 3.99. The normalized spacial score (nSPS) is 17.9. The molecule has 1 fully saturated rings. The molecule has 1 aromatic carbocycles. The highest BCUT2D eigenvalue weighted by Gasteiger charge is 2.40. The first-order valence-electron chi connectivity index (χ1n) is 7.65. The van der Waals surface area contributed by atoms with E-state index < -0.39 is 5.51 Å². The van der Waals surface area contributed by atoms with E-state index >= 15 is 0 Å². The second kappa shape index (κ2) is 7.24. The smallest absolute Gasteiger partial charge is 0.311 e. The zero-order chi connectivity index (χ0) is 18.9. The topological polar surface area (TPSA) is 36.4 Å². The average molecular weight is 397 g/mol. The van der Waals surface area contributed by atoms with Gasteiger partial charge in [0.2, 0.25) is 0 Å². The van der Waals surface area contributed by atoms with Crippen LogP contribution in [-0.4, -0.2) is 32.5 Å². The van der Waals surface area contributed by atoms with Crippen LogP contribution in [0, 0.1) is 0 Å². The number of amides is 2. The Morgan fingerprint density at radius 1 is 1.15 bits per heavy atom. The summed E-state index contributed by atoms with van der Waals surface area (Å²) < 4.78 is 37.3. The van der Waals surface area contributed by atoms with Crippen LogP contribution in [0.15, 0.2) is 53.7 Å². The molecule has 9 heteroatoms. The lowest BCUT2D eigenvalue weighted by Crippen LogP contribution is -2.33. The number of nitrogens with zero attached hydrogens (tertiary/aromatic N) is 3. The number of urea groups is 1. The Bertz CT molecular complexity index is 812. The van der Waals surface area contributed by atoms with Gasteiger partial charge in [0.05, 0.1) is 11.7 Å². The van der Waals surface area contributed by atoms with E-state index in [4.69, 9.17) is 12.2 Å². The first-order valence-corrected chi connectivity index (χ1v) is 8.88. The van der Waals surface area contributed by atoms with E-state index in [1.807, 2.05) is 19.1 Å². The van der Waals surface area contributed by atoms with Gasteiger partial charge in [-0.25, -0.2) is 4.79 Å². The van der Waals surface area contributed by atoms with Crippen molar-refractivity contribution in [2.45, 2.75) is 29.9 Å². The number of thioether (sulfide) groups is 1. The molecule has 2 aromatic rings. The van der Waals surface area contributed by atoms with Gasteiger partial charge < -0.3 is 4.90 Å². The van der Waals surface area contributed by atoms with Crippen LogP contribution in [0.25, 0.3) is 0 Å². The molecule has 0 radical (unpaired) electrons. The van der Waals surface area contributed by atoms with Gasteiger partial charge in [-0.05, 0) is 60.6 Å². The Morgan fingerprint density at radius 3 is 2.35 bits per heavy atom. The Labute approximate surface area is 158 Å². The van der Waals surface area contributed by atoms with Crippen LogP contribution < -0.4 is 4.90 Å². The number of hydrogen-bond donors (Lipinski definition) is 0. The van der Waals surface area contributed by atoms with Crippen LogP contribution in [0.5, 0.6) is 0 Å². The summed E-state index contributed by atoms with van der Waals surface area (Å²) >= 11 is 5.21. The second-order valence-corrected chi connectivity index (χ2v) is 7.21. The van der Waals surface area contributed by atoms with Crippen molar-refractivity contribution < 1.29 is 18.0 Å². The Kier molecular flexibility index (Phi) is 5.19. The lowest BCUT2D eigenvalue weighted by Gasteiger charge is -2.20. The number of anilines is 1. The van der Waals surface area contributed by atoms with Crippen molar-refractivity contribution in [3.05, 3.63) is 54.4 Å². The van der Waals surface area contributed by atoms with Gasteiger partial charge in [-0.1, -0.05) is 12.2 Å².